The van der Waals surface area contributed by atoms with Crippen LogP contribution in [0.25, 0.3) is 11.1 Å². The molecule has 1 unspecified atom stereocenters. The van der Waals surface area contributed by atoms with Gasteiger partial charge in [-0.25, -0.2) is 0 Å². The first-order chi connectivity index (χ1) is 15.0. The van der Waals surface area contributed by atoms with Crippen molar-refractivity contribution in [2.75, 3.05) is 26.2 Å². The lowest BCUT2D eigenvalue weighted by Gasteiger charge is -2.49. The third kappa shape index (κ3) is 4.67. The summed E-state index contributed by atoms with van der Waals surface area (Å²) in [6.45, 7) is 8.00. The van der Waals surface area contributed by atoms with E-state index in [1.165, 1.54) is 50.0 Å². The molecule has 2 aromatic rings. The second kappa shape index (κ2) is 9.24. The molecule has 3 fully saturated rings. The molecule has 162 valence electrons. The van der Waals surface area contributed by atoms with E-state index in [9.17, 15) is 4.79 Å². The third-order valence-corrected chi connectivity index (χ3v) is 7.20. The summed E-state index contributed by atoms with van der Waals surface area (Å²) < 4.78 is 0. The molecule has 1 amide bonds. The van der Waals surface area contributed by atoms with Crippen LogP contribution in [0.3, 0.4) is 0 Å². The maximum Gasteiger partial charge on any atom is 0.228 e. The molecule has 1 atom stereocenters. The highest BCUT2D eigenvalue weighted by molar-refractivity contribution is 5.84. The molecule has 2 aromatic carbocycles. The summed E-state index contributed by atoms with van der Waals surface area (Å²) >= 11 is 0. The lowest BCUT2D eigenvalue weighted by atomic mass is 9.67. The minimum atomic E-state index is -0.237. The van der Waals surface area contributed by atoms with Gasteiger partial charge in [-0.05, 0) is 78.9 Å². The van der Waals surface area contributed by atoms with Crippen LogP contribution in [0.5, 0.6) is 0 Å². The highest BCUT2D eigenvalue weighted by Crippen LogP contribution is 2.43. The molecule has 3 aliphatic heterocycles. The Morgan fingerprint density at radius 2 is 1.74 bits per heavy atom. The van der Waals surface area contributed by atoms with Crippen molar-refractivity contribution < 1.29 is 4.79 Å². The Labute approximate surface area is 186 Å². The van der Waals surface area contributed by atoms with Crippen molar-refractivity contribution in [1.29, 1.82) is 5.26 Å². The zero-order chi connectivity index (χ0) is 21.8. The van der Waals surface area contributed by atoms with Crippen LogP contribution in [0.2, 0.25) is 0 Å². The Balaban J connectivity index is 1.57. The summed E-state index contributed by atoms with van der Waals surface area (Å²) in [5, 5.41) is 11.6. The smallest absolute Gasteiger partial charge is 0.228 e. The van der Waals surface area contributed by atoms with Gasteiger partial charge in [0.25, 0.3) is 0 Å². The molecule has 3 heterocycles. The maximum atomic E-state index is 12.7. The third-order valence-electron chi connectivity index (χ3n) is 7.20. The molecule has 3 saturated heterocycles. The summed E-state index contributed by atoms with van der Waals surface area (Å²) in [5.74, 6) is 0.0892. The Morgan fingerprint density at radius 1 is 1.06 bits per heavy atom. The standard InChI is InChI=1S/C27H33N3O/c1-20(2)18-25(26(31)29-14-13-28)23-5-3-4-22(19-23)21-6-8-24(9-7-21)27-10-15-30(16-11-27)17-12-27/h3-9,19-20,25H,10-12,14-18H2,1-2H3,(H,29,31). The van der Waals surface area contributed by atoms with Gasteiger partial charge < -0.3 is 10.2 Å². The molecule has 0 spiro atoms. The van der Waals surface area contributed by atoms with Crippen LogP contribution < -0.4 is 5.32 Å². The molecule has 5 rings (SSSR count). The average molecular weight is 416 g/mol. The summed E-state index contributed by atoms with van der Waals surface area (Å²) in [4.78, 5) is 15.3. The number of carbonyl (C=O) groups excluding carboxylic acids is 1. The van der Waals surface area contributed by atoms with Crippen molar-refractivity contribution in [3.8, 4) is 17.2 Å². The predicted octanol–water partition coefficient (Wildman–Crippen LogP) is 4.86. The van der Waals surface area contributed by atoms with Gasteiger partial charge >= 0.3 is 0 Å². The Hall–Kier alpha value is -2.64. The number of nitrogens with zero attached hydrogens (tertiary/aromatic N) is 2. The van der Waals surface area contributed by atoms with E-state index in [2.05, 4.69) is 60.5 Å². The van der Waals surface area contributed by atoms with Gasteiger partial charge in [0.1, 0.15) is 6.54 Å². The first-order valence-corrected chi connectivity index (χ1v) is 11.6. The fourth-order valence-electron chi connectivity index (χ4n) is 5.33. The molecule has 31 heavy (non-hydrogen) atoms. The summed E-state index contributed by atoms with van der Waals surface area (Å²) in [6, 6.07) is 19.5. The Bertz CT molecular complexity index is 935. The number of amides is 1. The van der Waals surface area contributed by atoms with E-state index < -0.39 is 0 Å². The first-order valence-electron chi connectivity index (χ1n) is 11.6. The van der Waals surface area contributed by atoms with Crippen molar-refractivity contribution in [3.05, 3.63) is 59.7 Å². The van der Waals surface area contributed by atoms with Gasteiger partial charge in [0.15, 0.2) is 0 Å². The number of fused-ring (bicyclic) bond motifs is 3. The molecule has 0 saturated carbocycles. The fourth-order valence-corrected chi connectivity index (χ4v) is 5.33. The zero-order valence-corrected chi connectivity index (χ0v) is 18.7. The molecular formula is C27H33N3O. The molecular weight excluding hydrogens is 382 g/mol. The van der Waals surface area contributed by atoms with Gasteiger partial charge in [-0.3, -0.25) is 4.79 Å². The van der Waals surface area contributed by atoms with Crippen molar-refractivity contribution >= 4 is 5.91 Å². The SMILES string of the molecule is CC(C)CC(C(=O)NCC#N)c1cccc(-c2ccc(C34CCN(CC3)CC4)cc2)c1. The van der Waals surface area contributed by atoms with Gasteiger partial charge in [0, 0.05) is 0 Å². The van der Waals surface area contributed by atoms with Gasteiger partial charge in [-0.15, -0.1) is 0 Å². The van der Waals surface area contributed by atoms with Gasteiger partial charge in [0.2, 0.25) is 5.91 Å². The number of hydrogen-bond acceptors (Lipinski definition) is 3. The minimum absolute atomic E-state index is 0.0497. The zero-order valence-electron chi connectivity index (χ0n) is 18.7. The predicted molar refractivity (Wildman–Crippen MR) is 125 cm³/mol. The molecule has 0 aliphatic carbocycles. The van der Waals surface area contributed by atoms with Crippen LogP contribution in [-0.4, -0.2) is 37.0 Å². The van der Waals surface area contributed by atoms with Gasteiger partial charge in [-0.2, -0.15) is 5.26 Å². The lowest BCUT2D eigenvalue weighted by Crippen LogP contribution is -2.50. The van der Waals surface area contributed by atoms with Crippen molar-refractivity contribution in [1.82, 2.24) is 10.2 Å². The molecule has 0 radical (unpaired) electrons. The summed E-state index contributed by atoms with van der Waals surface area (Å²) in [5.41, 5.74) is 5.21. The summed E-state index contributed by atoms with van der Waals surface area (Å²) in [6.07, 6.45) is 4.59. The van der Waals surface area contributed by atoms with Crippen LogP contribution in [0.1, 0.15) is 56.6 Å². The number of nitriles is 1. The summed E-state index contributed by atoms with van der Waals surface area (Å²) in [7, 11) is 0. The number of hydrogen-bond donors (Lipinski definition) is 1. The first kappa shape index (κ1) is 21.6. The van der Waals surface area contributed by atoms with Crippen LogP contribution in [0, 0.1) is 17.2 Å². The van der Waals surface area contributed by atoms with Crippen LogP contribution in [0.4, 0.5) is 0 Å². The maximum absolute atomic E-state index is 12.7. The molecule has 1 N–H and O–H groups in total. The molecule has 3 aliphatic rings. The molecule has 0 aromatic heterocycles. The second-order valence-corrected chi connectivity index (χ2v) is 9.63. The monoisotopic (exact) mass is 415 g/mol. The number of carbonyl (C=O) groups is 1. The fraction of sp³-hybridized carbons (Fsp3) is 0.481. The topological polar surface area (TPSA) is 56.1 Å². The quantitative estimate of drug-likeness (QED) is 0.657. The molecule has 4 heteroatoms. The highest BCUT2D eigenvalue weighted by Gasteiger charge is 2.40. The van der Waals surface area contributed by atoms with Crippen molar-refractivity contribution in [2.45, 2.75) is 50.9 Å². The number of piperidine rings is 3. The van der Waals surface area contributed by atoms with Crippen molar-refractivity contribution in [3.63, 3.8) is 0 Å². The van der Waals surface area contributed by atoms with E-state index in [0.717, 1.165) is 17.5 Å². The van der Waals surface area contributed by atoms with Gasteiger partial charge in [-0.1, -0.05) is 62.4 Å². The number of nitrogens with one attached hydrogen (secondary N) is 1. The normalized spacial score (nSPS) is 23.4. The largest absolute Gasteiger partial charge is 0.342 e. The average Bonchev–Trinajstić information content (AvgIpc) is 2.82. The van der Waals surface area contributed by atoms with E-state index in [0.29, 0.717) is 11.3 Å². The molecule has 2 bridgehead atoms. The van der Waals surface area contributed by atoms with E-state index >= 15 is 0 Å². The lowest BCUT2D eigenvalue weighted by molar-refractivity contribution is -0.122. The second-order valence-electron chi connectivity index (χ2n) is 9.63. The number of benzene rings is 2. The van der Waals surface area contributed by atoms with Gasteiger partial charge in [0.05, 0.1) is 12.0 Å². The van der Waals surface area contributed by atoms with Crippen LogP contribution in [-0.2, 0) is 10.2 Å². The van der Waals surface area contributed by atoms with Crippen LogP contribution >= 0.6 is 0 Å². The van der Waals surface area contributed by atoms with Crippen LogP contribution in [0.15, 0.2) is 48.5 Å². The number of rotatable bonds is 7. The van der Waals surface area contributed by atoms with E-state index in [1.807, 2.05) is 18.2 Å². The van der Waals surface area contributed by atoms with E-state index in [4.69, 9.17) is 5.26 Å². The van der Waals surface area contributed by atoms with E-state index in [-0.39, 0.29) is 18.4 Å². The Morgan fingerprint density at radius 3 is 2.35 bits per heavy atom. The molecule has 4 nitrogen and oxygen atoms in total. The highest BCUT2D eigenvalue weighted by atomic mass is 16.1. The Kier molecular flexibility index (Phi) is 6.43. The van der Waals surface area contributed by atoms with Crippen molar-refractivity contribution in [2.24, 2.45) is 5.92 Å². The van der Waals surface area contributed by atoms with E-state index in [1.54, 1.807) is 0 Å². The minimum Gasteiger partial charge on any atom is -0.342 e.